The Morgan fingerprint density at radius 2 is 1.10 bits per heavy atom. The summed E-state index contributed by atoms with van der Waals surface area (Å²) < 4.78 is 5.49. The maximum absolute atomic E-state index is 12.4. The maximum atomic E-state index is 12.4. The first-order chi connectivity index (χ1) is 14.2. The highest BCUT2D eigenvalue weighted by atomic mass is 16.5. The van der Waals surface area contributed by atoms with Crippen LogP contribution < -0.4 is 4.74 Å². The van der Waals surface area contributed by atoms with Gasteiger partial charge in [-0.25, -0.2) is 4.79 Å². The highest BCUT2D eigenvalue weighted by Crippen LogP contribution is 2.24. The van der Waals surface area contributed by atoms with Gasteiger partial charge in [0.15, 0.2) is 0 Å². The Kier molecular flexibility index (Phi) is 5.18. The Morgan fingerprint density at radius 3 is 1.66 bits per heavy atom. The number of ether oxygens (including phenoxy) is 1. The highest BCUT2D eigenvalue weighted by molar-refractivity contribution is 5.91. The summed E-state index contributed by atoms with van der Waals surface area (Å²) in [5.41, 5.74) is 5.26. The number of rotatable bonds is 4. The van der Waals surface area contributed by atoms with Gasteiger partial charge in [-0.15, -0.1) is 0 Å². The van der Waals surface area contributed by atoms with Crippen LogP contribution in [-0.4, -0.2) is 5.97 Å². The number of benzene rings is 4. The van der Waals surface area contributed by atoms with E-state index in [0.717, 1.165) is 22.3 Å². The van der Waals surface area contributed by atoms with Crippen LogP contribution in [0.15, 0.2) is 103 Å². The second kappa shape index (κ2) is 8.24. The van der Waals surface area contributed by atoms with Crippen molar-refractivity contribution in [3.63, 3.8) is 0 Å². The standard InChI is InChI=1S/C26H17NO2/c27-18-19-6-8-21(9-7-19)23-14-16-25(17-15-23)29-26(28)24-12-10-22(11-13-24)20-4-2-1-3-5-20/h1-17H. The van der Waals surface area contributed by atoms with Gasteiger partial charge in [-0.3, -0.25) is 0 Å². The Hall–Kier alpha value is -4.16. The van der Waals surface area contributed by atoms with Crippen LogP contribution in [0.4, 0.5) is 0 Å². The first kappa shape index (κ1) is 18.2. The zero-order valence-corrected chi connectivity index (χ0v) is 15.6. The Morgan fingerprint density at radius 1 is 0.621 bits per heavy atom. The summed E-state index contributed by atoms with van der Waals surface area (Å²) in [6.07, 6.45) is 0. The van der Waals surface area contributed by atoms with Crippen LogP contribution in [0.5, 0.6) is 5.75 Å². The fourth-order valence-electron chi connectivity index (χ4n) is 3.05. The molecule has 0 amide bonds. The van der Waals surface area contributed by atoms with Crippen LogP contribution >= 0.6 is 0 Å². The Balaban J connectivity index is 1.45. The topological polar surface area (TPSA) is 50.1 Å². The average molecular weight is 375 g/mol. The van der Waals surface area contributed by atoms with Crippen LogP contribution in [-0.2, 0) is 0 Å². The fraction of sp³-hybridized carbons (Fsp3) is 0. The summed E-state index contributed by atoms with van der Waals surface area (Å²) in [4.78, 5) is 12.4. The van der Waals surface area contributed by atoms with Gasteiger partial charge < -0.3 is 4.74 Å². The van der Waals surface area contributed by atoms with Crippen LogP contribution in [0.3, 0.4) is 0 Å². The third-order valence-electron chi connectivity index (χ3n) is 4.64. The van der Waals surface area contributed by atoms with Gasteiger partial charge in [0, 0.05) is 0 Å². The van der Waals surface area contributed by atoms with Crippen molar-refractivity contribution in [2.24, 2.45) is 0 Å². The van der Waals surface area contributed by atoms with E-state index in [1.807, 2.05) is 66.7 Å². The molecule has 0 aliphatic rings. The molecule has 0 aromatic heterocycles. The van der Waals surface area contributed by atoms with Crippen molar-refractivity contribution in [3.8, 4) is 34.1 Å². The van der Waals surface area contributed by atoms with Gasteiger partial charge in [0.2, 0.25) is 0 Å². The Bertz CT molecular complexity index is 1150. The SMILES string of the molecule is N#Cc1ccc(-c2ccc(OC(=O)c3ccc(-c4ccccc4)cc3)cc2)cc1. The summed E-state index contributed by atoms with van der Waals surface area (Å²) in [5, 5.41) is 8.89. The van der Waals surface area contributed by atoms with Gasteiger partial charge in [-0.2, -0.15) is 5.26 Å². The minimum Gasteiger partial charge on any atom is -0.423 e. The lowest BCUT2D eigenvalue weighted by Crippen LogP contribution is -2.08. The lowest BCUT2D eigenvalue weighted by molar-refractivity contribution is 0.0735. The van der Waals surface area contributed by atoms with E-state index in [-0.39, 0.29) is 0 Å². The Labute approximate surface area is 169 Å². The van der Waals surface area contributed by atoms with Crippen molar-refractivity contribution in [1.82, 2.24) is 0 Å². The van der Waals surface area contributed by atoms with Gasteiger partial charge >= 0.3 is 5.97 Å². The molecular formula is C26H17NO2. The molecule has 0 saturated heterocycles. The number of carbonyl (C=O) groups is 1. The van der Waals surface area contributed by atoms with E-state index in [2.05, 4.69) is 6.07 Å². The quantitative estimate of drug-likeness (QED) is 0.319. The molecule has 0 aliphatic carbocycles. The molecular weight excluding hydrogens is 358 g/mol. The molecule has 3 heteroatoms. The summed E-state index contributed by atoms with van der Waals surface area (Å²) >= 11 is 0. The van der Waals surface area contributed by atoms with Gasteiger partial charge in [-0.1, -0.05) is 66.7 Å². The maximum Gasteiger partial charge on any atom is 0.343 e. The predicted octanol–water partition coefficient (Wildman–Crippen LogP) is 6.11. The van der Waals surface area contributed by atoms with E-state index in [1.165, 1.54) is 0 Å². The van der Waals surface area contributed by atoms with E-state index in [9.17, 15) is 4.79 Å². The number of esters is 1. The molecule has 0 atom stereocenters. The van der Waals surface area contributed by atoms with Gasteiger partial charge in [0.25, 0.3) is 0 Å². The van der Waals surface area contributed by atoms with Crippen LogP contribution in [0.25, 0.3) is 22.3 Å². The number of hydrogen-bond acceptors (Lipinski definition) is 3. The van der Waals surface area contributed by atoms with Crippen molar-refractivity contribution >= 4 is 5.97 Å². The van der Waals surface area contributed by atoms with E-state index < -0.39 is 5.97 Å². The summed E-state index contributed by atoms with van der Waals surface area (Å²) in [5.74, 6) is 0.0928. The van der Waals surface area contributed by atoms with Gasteiger partial charge in [0.1, 0.15) is 5.75 Å². The zero-order valence-electron chi connectivity index (χ0n) is 15.6. The number of nitriles is 1. The van der Waals surface area contributed by atoms with E-state index in [1.54, 1.807) is 36.4 Å². The first-order valence-electron chi connectivity index (χ1n) is 9.21. The van der Waals surface area contributed by atoms with Crippen molar-refractivity contribution in [1.29, 1.82) is 5.26 Å². The van der Waals surface area contributed by atoms with Crippen molar-refractivity contribution < 1.29 is 9.53 Å². The molecule has 29 heavy (non-hydrogen) atoms. The minimum absolute atomic E-state index is 0.393. The third kappa shape index (κ3) is 4.23. The van der Waals surface area contributed by atoms with Crippen molar-refractivity contribution in [2.45, 2.75) is 0 Å². The van der Waals surface area contributed by atoms with Crippen molar-refractivity contribution in [2.75, 3.05) is 0 Å². The molecule has 0 bridgehead atoms. The molecule has 3 nitrogen and oxygen atoms in total. The molecule has 0 saturated carbocycles. The molecule has 0 spiro atoms. The highest BCUT2D eigenvalue weighted by Gasteiger charge is 2.09. The molecule has 0 heterocycles. The normalized spacial score (nSPS) is 10.2. The first-order valence-corrected chi connectivity index (χ1v) is 9.21. The van der Waals surface area contributed by atoms with E-state index in [4.69, 9.17) is 10.00 Å². The zero-order chi connectivity index (χ0) is 20.1. The van der Waals surface area contributed by atoms with Crippen molar-refractivity contribution in [3.05, 3.63) is 114 Å². The second-order valence-electron chi connectivity index (χ2n) is 6.55. The average Bonchev–Trinajstić information content (AvgIpc) is 2.80. The number of hydrogen-bond donors (Lipinski definition) is 0. The number of carbonyl (C=O) groups excluding carboxylic acids is 1. The second-order valence-corrected chi connectivity index (χ2v) is 6.55. The number of nitrogens with zero attached hydrogens (tertiary/aromatic N) is 1. The van der Waals surface area contributed by atoms with Crippen LogP contribution in [0.2, 0.25) is 0 Å². The molecule has 4 rings (SSSR count). The van der Waals surface area contributed by atoms with Crippen LogP contribution in [0.1, 0.15) is 15.9 Å². The molecule has 4 aromatic rings. The summed E-state index contributed by atoms with van der Waals surface area (Å²) in [6, 6.07) is 34.2. The predicted molar refractivity (Wildman–Crippen MR) is 113 cm³/mol. The molecule has 138 valence electrons. The lowest BCUT2D eigenvalue weighted by atomic mass is 10.0. The summed E-state index contributed by atoms with van der Waals surface area (Å²) in [7, 11) is 0. The molecule has 0 N–H and O–H groups in total. The fourth-order valence-corrected chi connectivity index (χ4v) is 3.05. The molecule has 0 aliphatic heterocycles. The largest absolute Gasteiger partial charge is 0.423 e. The molecule has 0 fully saturated rings. The van der Waals surface area contributed by atoms with E-state index in [0.29, 0.717) is 16.9 Å². The minimum atomic E-state index is -0.393. The monoisotopic (exact) mass is 375 g/mol. The van der Waals surface area contributed by atoms with Gasteiger partial charge in [-0.05, 0) is 58.7 Å². The third-order valence-corrected chi connectivity index (χ3v) is 4.64. The van der Waals surface area contributed by atoms with Gasteiger partial charge in [0.05, 0.1) is 17.2 Å². The lowest BCUT2D eigenvalue weighted by Gasteiger charge is -2.07. The summed E-state index contributed by atoms with van der Waals surface area (Å²) in [6.45, 7) is 0. The molecule has 0 radical (unpaired) electrons. The van der Waals surface area contributed by atoms with Crippen LogP contribution in [0, 0.1) is 11.3 Å². The van der Waals surface area contributed by atoms with E-state index >= 15 is 0 Å². The molecule has 4 aromatic carbocycles. The molecule has 0 unspecified atom stereocenters. The smallest absolute Gasteiger partial charge is 0.343 e.